The van der Waals surface area contributed by atoms with Crippen molar-refractivity contribution in [3.8, 4) is 5.75 Å². The van der Waals surface area contributed by atoms with Crippen LogP contribution in [0.4, 0.5) is 0 Å². The van der Waals surface area contributed by atoms with Crippen molar-refractivity contribution in [2.75, 3.05) is 0 Å². The van der Waals surface area contributed by atoms with Crippen LogP contribution in [0.5, 0.6) is 5.75 Å². The first-order chi connectivity index (χ1) is 6.37. The highest BCUT2D eigenvalue weighted by atomic mass is 16.3. The molecular formula is C11H15NO2. The Kier molecular flexibility index (Phi) is 2.51. The van der Waals surface area contributed by atoms with Crippen LogP contribution in [0.3, 0.4) is 0 Å². The highest BCUT2D eigenvalue weighted by Crippen LogP contribution is 2.31. The lowest BCUT2D eigenvalue weighted by atomic mass is 9.93. The molecule has 0 spiro atoms. The highest BCUT2D eigenvalue weighted by molar-refractivity contribution is 5.98. The van der Waals surface area contributed by atoms with Crippen molar-refractivity contribution in [3.05, 3.63) is 27.8 Å². The van der Waals surface area contributed by atoms with E-state index >= 15 is 0 Å². The lowest BCUT2D eigenvalue weighted by molar-refractivity contribution is 0.0997. The molecule has 0 atom stereocenters. The van der Waals surface area contributed by atoms with Crippen LogP contribution in [0.25, 0.3) is 0 Å². The number of aromatic hydroxyl groups is 1. The molecule has 0 radical (unpaired) electrons. The molecule has 0 saturated heterocycles. The SMILES string of the molecule is Cc1c(C)c(C)c(C(N)=O)c(O)c1C. The summed E-state index contributed by atoms with van der Waals surface area (Å²) in [6.45, 7) is 7.41. The van der Waals surface area contributed by atoms with Crippen molar-refractivity contribution >= 4 is 5.91 Å². The van der Waals surface area contributed by atoms with Crippen LogP contribution < -0.4 is 5.73 Å². The predicted molar refractivity (Wildman–Crippen MR) is 55.6 cm³/mol. The fourth-order valence-electron chi connectivity index (χ4n) is 1.59. The largest absolute Gasteiger partial charge is 0.507 e. The summed E-state index contributed by atoms with van der Waals surface area (Å²) in [5.41, 5.74) is 8.94. The molecule has 1 aromatic carbocycles. The van der Waals surface area contributed by atoms with Gasteiger partial charge in [0.2, 0.25) is 0 Å². The Labute approximate surface area is 83.6 Å². The summed E-state index contributed by atoms with van der Waals surface area (Å²) < 4.78 is 0. The van der Waals surface area contributed by atoms with Crippen molar-refractivity contribution in [2.24, 2.45) is 5.73 Å². The normalized spacial score (nSPS) is 10.3. The molecule has 3 nitrogen and oxygen atoms in total. The van der Waals surface area contributed by atoms with Crippen molar-refractivity contribution in [3.63, 3.8) is 0 Å². The number of hydrogen-bond donors (Lipinski definition) is 2. The lowest BCUT2D eigenvalue weighted by Gasteiger charge is -2.14. The van der Waals surface area contributed by atoms with E-state index in [0.717, 1.165) is 22.3 Å². The summed E-state index contributed by atoms with van der Waals surface area (Å²) in [4.78, 5) is 11.1. The lowest BCUT2D eigenvalue weighted by Crippen LogP contribution is -2.15. The maximum atomic E-state index is 11.1. The predicted octanol–water partition coefficient (Wildman–Crippen LogP) is 1.72. The Bertz CT molecular complexity index is 379. The van der Waals surface area contributed by atoms with Crippen molar-refractivity contribution in [1.29, 1.82) is 0 Å². The Morgan fingerprint density at radius 2 is 1.43 bits per heavy atom. The third-order valence-electron chi connectivity index (χ3n) is 2.90. The van der Waals surface area contributed by atoms with Crippen molar-refractivity contribution in [2.45, 2.75) is 27.7 Å². The number of hydrogen-bond acceptors (Lipinski definition) is 2. The number of rotatable bonds is 1. The van der Waals surface area contributed by atoms with E-state index in [1.165, 1.54) is 0 Å². The summed E-state index contributed by atoms with van der Waals surface area (Å²) in [5.74, 6) is -0.565. The van der Waals surface area contributed by atoms with Crippen LogP contribution in [-0.2, 0) is 0 Å². The minimum Gasteiger partial charge on any atom is -0.507 e. The van der Waals surface area contributed by atoms with E-state index in [0.29, 0.717) is 0 Å². The summed E-state index contributed by atoms with van der Waals surface area (Å²) in [6, 6.07) is 0. The monoisotopic (exact) mass is 193 g/mol. The Balaban J connectivity index is 3.68. The van der Waals surface area contributed by atoms with Crippen LogP contribution in [-0.4, -0.2) is 11.0 Å². The molecule has 0 aliphatic carbocycles. The molecule has 0 bridgehead atoms. The van der Waals surface area contributed by atoms with Gasteiger partial charge < -0.3 is 10.8 Å². The number of benzene rings is 1. The Hall–Kier alpha value is -1.51. The zero-order chi connectivity index (χ0) is 11.0. The minimum absolute atomic E-state index is 0.0121. The van der Waals surface area contributed by atoms with Crippen molar-refractivity contribution < 1.29 is 9.90 Å². The number of carbonyl (C=O) groups excluding carboxylic acids is 1. The average Bonchev–Trinajstić information content (AvgIpc) is 2.11. The fraction of sp³-hybridized carbons (Fsp3) is 0.364. The van der Waals surface area contributed by atoms with E-state index in [9.17, 15) is 9.90 Å². The van der Waals surface area contributed by atoms with Crippen molar-refractivity contribution in [1.82, 2.24) is 0 Å². The molecule has 76 valence electrons. The number of primary amides is 1. The maximum absolute atomic E-state index is 11.1. The molecule has 1 rings (SSSR count). The van der Waals surface area contributed by atoms with Gasteiger partial charge in [0.25, 0.3) is 5.91 Å². The third-order valence-corrected chi connectivity index (χ3v) is 2.90. The molecule has 0 fully saturated rings. The minimum atomic E-state index is -0.578. The quantitative estimate of drug-likeness (QED) is 0.713. The Morgan fingerprint density at radius 1 is 1.00 bits per heavy atom. The molecule has 0 heterocycles. The summed E-state index contributed by atoms with van der Waals surface area (Å²) in [6.07, 6.45) is 0. The van der Waals surface area contributed by atoms with Gasteiger partial charge in [-0.05, 0) is 49.9 Å². The van der Waals surface area contributed by atoms with E-state index in [4.69, 9.17) is 5.73 Å². The molecule has 0 aliphatic heterocycles. The van der Waals surface area contributed by atoms with Gasteiger partial charge in [0, 0.05) is 0 Å². The first-order valence-electron chi connectivity index (χ1n) is 4.47. The molecule has 3 N–H and O–H groups in total. The third kappa shape index (κ3) is 1.35. The van der Waals surface area contributed by atoms with Gasteiger partial charge in [-0.15, -0.1) is 0 Å². The number of nitrogens with two attached hydrogens (primary N) is 1. The molecule has 0 aliphatic rings. The second-order valence-corrected chi connectivity index (χ2v) is 3.59. The first kappa shape index (κ1) is 10.6. The first-order valence-corrected chi connectivity index (χ1v) is 4.47. The summed E-state index contributed by atoms with van der Waals surface area (Å²) in [5, 5.41) is 9.75. The number of carbonyl (C=O) groups is 1. The van der Waals surface area contributed by atoms with Gasteiger partial charge in [0.1, 0.15) is 5.75 Å². The van der Waals surface area contributed by atoms with E-state index in [2.05, 4.69) is 0 Å². The zero-order valence-corrected chi connectivity index (χ0v) is 8.93. The maximum Gasteiger partial charge on any atom is 0.252 e. The van der Waals surface area contributed by atoms with Crippen LogP contribution >= 0.6 is 0 Å². The van der Waals surface area contributed by atoms with Crippen LogP contribution in [0.15, 0.2) is 0 Å². The topological polar surface area (TPSA) is 63.3 Å². The smallest absolute Gasteiger partial charge is 0.252 e. The molecule has 0 aromatic heterocycles. The zero-order valence-electron chi connectivity index (χ0n) is 8.93. The molecule has 14 heavy (non-hydrogen) atoms. The van der Waals surface area contributed by atoms with E-state index in [1.54, 1.807) is 13.8 Å². The Morgan fingerprint density at radius 3 is 1.86 bits per heavy atom. The van der Waals surface area contributed by atoms with Gasteiger partial charge in [-0.1, -0.05) is 0 Å². The molecule has 0 saturated carbocycles. The van der Waals surface area contributed by atoms with Crippen LogP contribution in [0, 0.1) is 27.7 Å². The van der Waals surface area contributed by atoms with Gasteiger partial charge in [0.05, 0.1) is 5.56 Å². The summed E-state index contributed by atoms with van der Waals surface area (Å²) >= 11 is 0. The molecule has 3 heteroatoms. The van der Waals surface area contributed by atoms with Gasteiger partial charge in [-0.25, -0.2) is 0 Å². The van der Waals surface area contributed by atoms with Gasteiger partial charge in [-0.3, -0.25) is 4.79 Å². The van der Waals surface area contributed by atoms with Gasteiger partial charge in [-0.2, -0.15) is 0 Å². The number of phenols is 1. The van der Waals surface area contributed by atoms with E-state index in [1.807, 2.05) is 13.8 Å². The fourth-order valence-corrected chi connectivity index (χ4v) is 1.59. The van der Waals surface area contributed by atoms with Gasteiger partial charge >= 0.3 is 0 Å². The van der Waals surface area contributed by atoms with Crippen LogP contribution in [0.1, 0.15) is 32.6 Å². The molecule has 0 unspecified atom stereocenters. The standard InChI is InChI=1S/C11H15NO2/c1-5-6(2)8(4)10(13)9(7(5)3)11(12)14/h13H,1-4H3,(H2,12,14). The number of amides is 1. The average molecular weight is 193 g/mol. The van der Waals surface area contributed by atoms with E-state index in [-0.39, 0.29) is 11.3 Å². The summed E-state index contributed by atoms with van der Waals surface area (Å²) in [7, 11) is 0. The molecule has 1 aromatic rings. The van der Waals surface area contributed by atoms with E-state index < -0.39 is 5.91 Å². The second-order valence-electron chi connectivity index (χ2n) is 3.59. The molecular weight excluding hydrogens is 178 g/mol. The second kappa shape index (κ2) is 3.33. The molecule has 1 amide bonds. The van der Waals surface area contributed by atoms with Crippen LogP contribution in [0.2, 0.25) is 0 Å². The van der Waals surface area contributed by atoms with Gasteiger partial charge in [0.15, 0.2) is 0 Å². The highest BCUT2D eigenvalue weighted by Gasteiger charge is 2.17.